The quantitative estimate of drug-likeness (QED) is 0.824. The highest BCUT2D eigenvalue weighted by Crippen LogP contribution is 2.19. The van der Waals surface area contributed by atoms with Gasteiger partial charge in [-0.15, -0.1) is 17.8 Å². The van der Waals surface area contributed by atoms with Gasteiger partial charge in [0.15, 0.2) is 5.13 Å². The van der Waals surface area contributed by atoms with E-state index < -0.39 is 0 Å². The molecule has 0 spiro atoms. The van der Waals surface area contributed by atoms with E-state index in [9.17, 15) is 4.79 Å². The molecule has 1 amide bonds. The van der Waals surface area contributed by atoms with Gasteiger partial charge in [0, 0.05) is 17.5 Å². The molecule has 0 radical (unpaired) electrons. The van der Waals surface area contributed by atoms with E-state index in [-0.39, 0.29) is 11.8 Å². The minimum atomic E-state index is 0.0836. The maximum absolute atomic E-state index is 11.9. The van der Waals surface area contributed by atoms with Gasteiger partial charge in [-0.3, -0.25) is 9.69 Å². The van der Waals surface area contributed by atoms with Crippen LogP contribution in [-0.2, 0) is 4.79 Å². The summed E-state index contributed by atoms with van der Waals surface area (Å²) in [6, 6.07) is 0. The highest BCUT2D eigenvalue weighted by Gasteiger charge is 2.24. The van der Waals surface area contributed by atoms with Crippen LogP contribution < -0.4 is 5.32 Å². The van der Waals surface area contributed by atoms with Gasteiger partial charge in [-0.05, 0) is 25.9 Å². The van der Waals surface area contributed by atoms with Gasteiger partial charge in [0.1, 0.15) is 0 Å². The van der Waals surface area contributed by atoms with Crippen molar-refractivity contribution in [2.45, 2.75) is 12.8 Å². The lowest BCUT2D eigenvalue weighted by atomic mass is 9.96. The molecule has 0 aromatic carbocycles. The fraction of sp³-hybridized carbons (Fsp3) is 0.500. The molecule has 0 bridgehead atoms. The van der Waals surface area contributed by atoms with E-state index in [1.54, 1.807) is 6.20 Å². The molecule has 1 aromatic heterocycles. The summed E-state index contributed by atoms with van der Waals surface area (Å²) in [7, 11) is 0. The minimum Gasteiger partial charge on any atom is -0.302 e. The van der Waals surface area contributed by atoms with Gasteiger partial charge >= 0.3 is 0 Å². The topological polar surface area (TPSA) is 45.2 Å². The fourth-order valence-corrected chi connectivity index (χ4v) is 2.51. The van der Waals surface area contributed by atoms with Crippen molar-refractivity contribution in [1.29, 1.82) is 0 Å². The molecule has 1 aromatic rings. The van der Waals surface area contributed by atoms with Crippen LogP contribution in [0.5, 0.6) is 0 Å². The van der Waals surface area contributed by atoms with Crippen molar-refractivity contribution in [3.63, 3.8) is 0 Å². The van der Waals surface area contributed by atoms with Crippen molar-refractivity contribution in [1.82, 2.24) is 9.88 Å². The summed E-state index contributed by atoms with van der Waals surface area (Å²) in [6.45, 7) is 2.49. The average molecular weight is 249 g/mol. The molecule has 0 atom stereocenters. The van der Waals surface area contributed by atoms with Gasteiger partial charge in [0.05, 0.1) is 6.54 Å². The monoisotopic (exact) mass is 249 g/mol. The maximum Gasteiger partial charge on any atom is 0.229 e. The molecule has 1 saturated heterocycles. The Hall–Kier alpha value is -1.38. The maximum atomic E-state index is 11.9. The third-order valence-electron chi connectivity index (χ3n) is 2.94. The molecule has 1 aliphatic rings. The van der Waals surface area contributed by atoms with E-state index in [1.807, 2.05) is 5.38 Å². The zero-order valence-corrected chi connectivity index (χ0v) is 10.4. The van der Waals surface area contributed by atoms with Gasteiger partial charge in [0.25, 0.3) is 0 Å². The number of thiazole rings is 1. The van der Waals surface area contributed by atoms with E-state index >= 15 is 0 Å². The number of aromatic nitrogens is 1. The summed E-state index contributed by atoms with van der Waals surface area (Å²) in [6.07, 6.45) is 8.70. The van der Waals surface area contributed by atoms with Crippen molar-refractivity contribution in [2.24, 2.45) is 5.92 Å². The smallest absolute Gasteiger partial charge is 0.229 e. The Labute approximate surface area is 105 Å². The summed E-state index contributed by atoms with van der Waals surface area (Å²) in [5.74, 6) is 2.81. The molecule has 90 valence electrons. The van der Waals surface area contributed by atoms with Crippen molar-refractivity contribution < 1.29 is 4.79 Å². The lowest BCUT2D eigenvalue weighted by Crippen LogP contribution is -2.38. The Morgan fingerprint density at radius 3 is 3.00 bits per heavy atom. The van der Waals surface area contributed by atoms with Crippen LogP contribution in [0.1, 0.15) is 12.8 Å². The van der Waals surface area contributed by atoms with Gasteiger partial charge in [-0.1, -0.05) is 5.92 Å². The summed E-state index contributed by atoms with van der Waals surface area (Å²) in [5.41, 5.74) is 0. The van der Waals surface area contributed by atoms with Crippen LogP contribution in [0, 0.1) is 18.3 Å². The second-order valence-corrected chi connectivity index (χ2v) is 4.98. The van der Waals surface area contributed by atoms with Crippen LogP contribution in [0.2, 0.25) is 0 Å². The Morgan fingerprint density at radius 1 is 1.65 bits per heavy atom. The van der Waals surface area contributed by atoms with Crippen LogP contribution in [-0.4, -0.2) is 35.4 Å². The van der Waals surface area contributed by atoms with Crippen LogP contribution in [0.25, 0.3) is 0 Å². The number of carbonyl (C=O) groups excluding carboxylic acids is 1. The molecule has 1 aliphatic heterocycles. The normalized spacial score (nSPS) is 17.6. The van der Waals surface area contributed by atoms with Crippen LogP contribution in [0.4, 0.5) is 5.13 Å². The SMILES string of the molecule is C#CCN1CCC(C(=O)Nc2nccs2)CC1. The number of anilines is 1. The Bertz CT molecular complexity index is 402. The number of hydrogen-bond donors (Lipinski definition) is 1. The molecular weight excluding hydrogens is 234 g/mol. The standard InChI is InChI=1S/C12H15N3OS/c1-2-6-15-7-3-10(4-8-15)11(16)14-12-13-5-9-17-12/h1,5,9-10H,3-4,6-8H2,(H,13,14,16). The largest absolute Gasteiger partial charge is 0.302 e. The predicted octanol–water partition coefficient (Wildman–Crippen LogP) is 1.43. The molecule has 0 aliphatic carbocycles. The third kappa shape index (κ3) is 3.29. The number of terminal acetylenes is 1. The van der Waals surface area contributed by atoms with Crippen molar-refractivity contribution in [3.8, 4) is 12.3 Å². The molecule has 4 nitrogen and oxygen atoms in total. The Balaban J connectivity index is 1.80. The molecular formula is C12H15N3OS. The number of likely N-dealkylation sites (tertiary alicyclic amines) is 1. The first-order valence-corrected chi connectivity index (χ1v) is 6.53. The van der Waals surface area contributed by atoms with E-state index in [0.717, 1.165) is 25.9 Å². The molecule has 2 rings (SSSR count). The second kappa shape index (κ2) is 5.80. The highest BCUT2D eigenvalue weighted by atomic mass is 32.1. The molecule has 0 unspecified atom stereocenters. The number of nitrogens with one attached hydrogen (secondary N) is 1. The van der Waals surface area contributed by atoms with Crippen LogP contribution >= 0.6 is 11.3 Å². The minimum absolute atomic E-state index is 0.0836. The lowest BCUT2D eigenvalue weighted by Gasteiger charge is -2.29. The summed E-state index contributed by atoms with van der Waals surface area (Å²) in [4.78, 5) is 18.2. The summed E-state index contributed by atoms with van der Waals surface area (Å²) in [5, 5.41) is 5.38. The first-order valence-electron chi connectivity index (χ1n) is 5.66. The fourth-order valence-electron chi connectivity index (χ4n) is 1.97. The number of rotatable bonds is 3. The van der Waals surface area contributed by atoms with Crippen molar-refractivity contribution >= 4 is 22.4 Å². The molecule has 2 heterocycles. The Morgan fingerprint density at radius 2 is 2.41 bits per heavy atom. The first-order chi connectivity index (χ1) is 8.29. The van der Waals surface area contributed by atoms with Crippen LogP contribution in [0.15, 0.2) is 11.6 Å². The number of hydrogen-bond acceptors (Lipinski definition) is 4. The predicted molar refractivity (Wildman–Crippen MR) is 68.7 cm³/mol. The Kier molecular flexibility index (Phi) is 4.13. The number of carbonyl (C=O) groups is 1. The molecule has 0 saturated carbocycles. The van der Waals surface area contributed by atoms with Crippen molar-refractivity contribution in [2.75, 3.05) is 25.0 Å². The lowest BCUT2D eigenvalue weighted by molar-refractivity contribution is -0.121. The van der Waals surface area contributed by atoms with Crippen LogP contribution in [0.3, 0.4) is 0 Å². The number of nitrogens with zero attached hydrogens (tertiary/aromatic N) is 2. The highest BCUT2D eigenvalue weighted by molar-refractivity contribution is 7.13. The van der Waals surface area contributed by atoms with E-state index in [2.05, 4.69) is 21.1 Å². The average Bonchev–Trinajstić information content (AvgIpc) is 2.83. The van der Waals surface area contributed by atoms with E-state index in [4.69, 9.17) is 6.42 Å². The molecule has 5 heteroatoms. The zero-order valence-electron chi connectivity index (χ0n) is 9.56. The van der Waals surface area contributed by atoms with Gasteiger partial charge in [-0.25, -0.2) is 4.98 Å². The van der Waals surface area contributed by atoms with Gasteiger partial charge in [0.2, 0.25) is 5.91 Å². The van der Waals surface area contributed by atoms with Crippen molar-refractivity contribution in [3.05, 3.63) is 11.6 Å². The number of amides is 1. The van der Waals surface area contributed by atoms with Gasteiger partial charge in [-0.2, -0.15) is 0 Å². The number of piperidine rings is 1. The van der Waals surface area contributed by atoms with Gasteiger partial charge < -0.3 is 5.32 Å². The molecule has 1 N–H and O–H groups in total. The van der Waals surface area contributed by atoms with E-state index in [1.165, 1.54) is 11.3 Å². The third-order valence-corrected chi connectivity index (χ3v) is 3.62. The van der Waals surface area contributed by atoms with E-state index in [0.29, 0.717) is 11.7 Å². The molecule has 17 heavy (non-hydrogen) atoms. The second-order valence-electron chi connectivity index (χ2n) is 4.08. The summed E-state index contributed by atoms with van der Waals surface area (Å²) >= 11 is 1.44. The summed E-state index contributed by atoms with van der Waals surface area (Å²) < 4.78 is 0. The first kappa shape index (κ1) is 12.1. The zero-order chi connectivity index (χ0) is 12.1. The molecule has 1 fully saturated rings.